The molecule has 1 aromatic carbocycles. The van der Waals surface area contributed by atoms with Gasteiger partial charge in [-0.3, -0.25) is 0 Å². The van der Waals surface area contributed by atoms with Gasteiger partial charge in [-0.15, -0.1) is 0 Å². The first-order valence-corrected chi connectivity index (χ1v) is 6.16. The van der Waals surface area contributed by atoms with Gasteiger partial charge in [0, 0.05) is 0 Å². The predicted octanol–water partition coefficient (Wildman–Crippen LogP) is 4.19. The van der Waals surface area contributed by atoms with Crippen LogP contribution in [0.4, 0.5) is 0 Å². The van der Waals surface area contributed by atoms with Crippen LogP contribution in [0.15, 0.2) is 42.0 Å². The molecule has 2 rings (SSSR count). The lowest BCUT2D eigenvalue weighted by Crippen LogP contribution is -2.04. The lowest BCUT2D eigenvalue weighted by Gasteiger charge is -2.17. The summed E-state index contributed by atoms with van der Waals surface area (Å²) in [6, 6.07) is 6.25. The Kier molecular flexibility index (Phi) is 3.48. The SMILES string of the molecule is C=C1C=Cc2ccc(C#N)c(CC=C(C)C)c2C1. The Morgan fingerprint density at radius 2 is 2.17 bits per heavy atom. The van der Waals surface area contributed by atoms with Gasteiger partial charge < -0.3 is 0 Å². The van der Waals surface area contributed by atoms with E-state index in [0.717, 1.165) is 29.5 Å². The molecule has 0 saturated heterocycles. The Balaban J connectivity index is 2.54. The van der Waals surface area contributed by atoms with Gasteiger partial charge in [0.25, 0.3) is 0 Å². The highest BCUT2D eigenvalue weighted by Crippen LogP contribution is 2.28. The van der Waals surface area contributed by atoms with Gasteiger partial charge in [0.05, 0.1) is 11.6 Å². The average molecular weight is 235 g/mol. The molecule has 1 nitrogen and oxygen atoms in total. The summed E-state index contributed by atoms with van der Waals surface area (Å²) in [6.45, 7) is 8.19. The number of fused-ring (bicyclic) bond motifs is 1. The molecule has 90 valence electrons. The molecule has 1 aliphatic carbocycles. The van der Waals surface area contributed by atoms with E-state index in [1.165, 1.54) is 16.7 Å². The lowest BCUT2D eigenvalue weighted by atomic mass is 9.86. The zero-order valence-corrected chi connectivity index (χ0v) is 11.0. The largest absolute Gasteiger partial charge is 0.192 e. The second kappa shape index (κ2) is 5.06. The molecule has 0 saturated carbocycles. The van der Waals surface area contributed by atoms with Crippen LogP contribution in [0.25, 0.3) is 6.08 Å². The van der Waals surface area contributed by atoms with E-state index in [4.69, 9.17) is 0 Å². The van der Waals surface area contributed by atoms with Crippen LogP contribution < -0.4 is 0 Å². The quantitative estimate of drug-likeness (QED) is 0.705. The third kappa shape index (κ3) is 2.43. The molecular formula is C17H17N. The minimum absolute atomic E-state index is 0.786. The smallest absolute Gasteiger partial charge is 0.0994 e. The highest BCUT2D eigenvalue weighted by atomic mass is 14.3. The van der Waals surface area contributed by atoms with Gasteiger partial charge in [-0.25, -0.2) is 0 Å². The first kappa shape index (κ1) is 12.4. The van der Waals surface area contributed by atoms with Crippen molar-refractivity contribution in [1.82, 2.24) is 0 Å². The van der Waals surface area contributed by atoms with E-state index in [1.54, 1.807) is 0 Å². The summed E-state index contributed by atoms with van der Waals surface area (Å²) in [4.78, 5) is 0. The zero-order chi connectivity index (χ0) is 13.1. The zero-order valence-electron chi connectivity index (χ0n) is 11.0. The second-order valence-electron chi connectivity index (χ2n) is 4.93. The van der Waals surface area contributed by atoms with E-state index in [-0.39, 0.29) is 0 Å². The fourth-order valence-corrected chi connectivity index (χ4v) is 2.21. The summed E-state index contributed by atoms with van der Waals surface area (Å²) in [7, 11) is 0. The van der Waals surface area contributed by atoms with Crippen LogP contribution in [0.1, 0.15) is 36.1 Å². The minimum atomic E-state index is 0.786. The molecule has 0 aliphatic heterocycles. The van der Waals surface area contributed by atoms with Crippen LogP contribution in [0, 0.1) is 11.3 Å². The normalized spacial score (nSPS) is 12.8. The van der Waals surface area contributed by atoms with Crippen molar-refractivity contribution in [1.29, 1.82) is 5.26 Å². The van der Waals surface area contributed by atoms with Gasteiger partial charge in [-0.2, -0.15) is 5.26 Å². The number of rotatable bonds is 2. The number of allylic oxidation sites excluding steroid dienone is 4. The third-order valence-electron chi connectivity index (χ3n) is 3.20. The van der Waals surface area contributed by atoms with E-state index in [9.17, 15) is 5.26 Å². The Bertz CT molecular complexity index is 591. The van der Waals surface area contributed by atoms with Crippen molar-refractivity contribution in [2.24, 2.45) is 0 Å². The molecule has 0 atom stereocenters. The second-order valence-corrected chi connectivity index (χ2v) is 4.93. The molecule has 0 aromatic heterocycles. The number of nitriles is 1. The van der Waals surface area contributed by atoms with E-state index >= 15 is 0 Å². The molecule has 0 fully saturated rings. The van der Waals surface area contributed by atoms with Crippen LogP contribution in [0.3, 0.4) is 0 Å². The maximum atomic E-state index is 9.24. The third-order valence-corrected chi connectivity index (χ3v) is 3.20. The molecule has 0 heterocycles. The Morgan fingerprint density at radius 3 is 2.83 bits per heavy atom. The van der Waals surface area contributed by atoms with Gasteiger partial charge in [0.2, 0.25) is 0 Å². The monoisotopic (exact) mass is 235 g/mol. The van der Waals surface area contributed by atoms with E-state index < -0.39 is 0 Å². The molecule has 0 N–H and O–H groups in total. The van der Waals surface area contributed by atoms with Gasteiger partial charge in [0.15, 0.2) is 0 Å². The number of hydrogen-bond acceptors (Lipinski definition) is 1. The number of benzene rings is 1. The molecular weight excluding hydrogens is 218 g/mol. The summed E-state index contributed by atoms with van der Waals surface area (Å²) < 4.78 is 0. The van der Waals surface area contributed by atoms with E-state index in [2.05, 4.69) is 44.7 Å². The first-order chi connectivity index (χ1) is 8.61. The summed E-state index contributed by atoms with van der Waals surface area (Å²) >= 11 is 0. The molecule has 1 heteroatoms. The maximum absolute atomic E-state index is 9.24. The lowest BCUT2D eigenvalue weighted by molar-refractivity contribution is 1.08. The van der Waals surface area contributed by atoms with Crippen molar-refractivity contribution in [2.75, 3.05) is 0 Å². The maximum Gasteiger partial charge on any atom is 0.0994 e. The predicted molar refractivity (Wildman–Crippen MR) is 76.2 cm³/mol. The van der Waals surface area contributed by atoms with Crippen LogP contribution >= 0.6 is 0 Å². The summed E-state index contributed by atoms with van der Waals surface area (Å²) in [6.07, 6.45) is 8.01. The molecule has 0 spiro atoms. The number of hydrogen-bond donors (Lipinski definition) is 0. The minimum Gasteiger partial charge on any atom is -0.192 e. The van der Waals surface area contributed by atoms with Gasteiger partial charge in [-0.1, -0.05) is 42.0 Å². The van der Waals surface area contributed by atoms with Crippen molar-refractivity contribution < 1.29 is 0 Å². The summed E-state index contributed by atoms with van der Waals surface area (Å²) in [5.74, 6) is 0. The fraction of sp³-hybridized carbons (Fsp3) is 0.235. The van der Waals surface area contributed by atoms with Crippen LogP contribution in [-0.4, -0.2) is 0 Å². The van der Waals surface area contributed by atoms with Gasteiger partial charge in [0.1, 0.15) is 0 Å². The van der Waals surface area contributed by atoms with Crippen LogP contribution in [0.2, 0.25) is 0 Å². The molecule has 0 amide bonds. The fourth-order valence-electron chi connectivity index (χ4n) is 2.21. The topological polar surface area (TPSA) is 23.8 Å². The Hall–Kier alpha value is -2.07. The Labute approximate surface area is 109 Å². The molecule has 0 bridgehead atoms. The number of nitrogens with zero attached hydrogens (tertiary/aromatic N) is 1. The summed E-state index contributed by atoms with van der Waals surface area (Å²) in [5.41, 5.74) is 6.81. The summed E-state index contributed by atoms with van der Waals surface area (Å²) in [5, 5.41) is 9.24. The standard InChI is InChI=1S/C17H17N/c1-12(2)4-9-16-15(11-18)8-7-14-6-5-13(3)10-17(14)16/h4-8H,3,9-10H2,1-2H3. The van der Waals surface area contributed by atoms with Crippen molar-refractivity contribution in [3.63, 3.8) is 0 Å². The van der Waals surface area contributed by atoms with Crippen LogP contribution in [0.5, 0.6) is 0 Å². The molecule has 1 aliphatic rings. The van der Waals surface area contributed by atoms with Gasteiger partial charge in [-0.05, 0) is 49.4 Å². The van der Waals surface area contributed by atoms with Crippen LogP contribution in [-0.2, 0) is 12.8 Å². The van der Waals surface area contributed by atoms with Crippen molar-refractivity contribution in [2.45, 2.75) is 26.7 Å². The molecule has 1 aromatic rings. The van der Waals surface area contributed by atoms with Crippen molar-refractivity contribution in [3.8, 4) is 6.07 Å². The van der Waals surface area contributed by atoms with E-state index in [1.807, 2.05) is 12.1 Å². The average Bonchev–Trinajstić information content (AvgIpc) is 2.35. The first-order valence-electron chi connectivity index (χ1n) is 6.16. The molecule has 0 radical (unpaired) electrons. The van der Waals surface area contributed by atoms with E-state index in [0.29, 0.717) is 0 Å². The van der Waals surface area contributed by atoms with Gasteiger partial charge >= 0.3 is 0 Å². The van der Waals surface area contributed by atoms with Crippen molar-refractivity contribution in [3.05, 3.63) is 64.3 Å². The Morgan fingerprint density at radius 1 is 1.39 bits per heavy atom. The van der Waals surface area contributed by atoms with Crippen molar-refractivity contribution >= 4 is 6.08 Å². The molecule has 0 unspecified atom stereocenters. The highest BCUT2D eigenvalue weighted by Gasteiger charge is 2.14. The molecule has 18 heavy (non-hydrogen) atoms. The highest BCUT2D eigenvalue weighted by molar-refractivity contribution is 5.65.